The van der Waals surface area contributed by atoms with E-state index in [1.807, 2.05) is 45.0 Å². The van der Waals surface area contributed by atoms with Crippen molar-refractivity contribution in [2.75, 3.05) is 76.1 Å². The van der Waals surface area contributed by atoms with Gasteiger partial charge in [-0.1, -0.05) is 58.7 Å². The SMILES string of the molecule is CCC.CCCOC(=O)CC.CCCOCCOCCN1C(=O)C=CC1=O.COc1cc(NNc2ccc([N+](=O)[O-])cc2)c(OC)cc1N.Cc1ccc(N)cc1. The number of imide groups is 1. The van der Waals surface area contributed by atoms with Gasteiger partial charge in [0.1, 0.15) is 11.5 Å². The average molecular weight is 799 g/mol. The molecule has 0 spiro atoms. The third-order valence-corrected chi connectivity index (χ3v) is 6.88. The molecule has 16 nitrogen and oxygen atoms in total. The number of non-ortho nitro benzene ring substituents is 1. The zero-order valence-electron chi connectivity index (χ0n) is 34.6. The summed E-state index contributed by atoms with van der Waals surface area (Å²) < 4.78 is 25.5. The zero-order chi connectivity index (χ0) is 43.0. The number of aryl methyl sites for hydroxylation is 1. The number of nitrogens with two attached hydrogens (primary N) is 2. The van der Waals surface area contributed by atoms with Crippen LogP contribution in [0.3, 0.4) is 0 Å². The van der Waals surface area contributed by atoms with Crippen LogP contribution in [0.25, 0.3) is 0 Å². The van der Waals surface area contributed by atoms with Crippen molar-refractivity contribution < 1.29 is 43.0 Å². The van der Waals surface area contributed by atoms with Gasteiger partial charge in [0, 0.05) is 55.1 Å². The van der Waals surface area contributed by atoms with E-state index in [0.717, 1.165) is 30.0 Å². The summed E-state index contributed by atoms with van der Waals surface area (Å²) in [4.78, 5) is 43.9. The topological polar surface area (TPSA) is 220 Å². The Morgan fingerprint density at radius 3 is 1.77 bits per heavy atom. The van der Waals surface area contributed by atoms with Crippen LogP contribution in [0.2, 0.25) is 0 Å². The van der Waals surface area contributed by atoms with Gasteiger partial charge in [-0.05, 0) is 44.0 Å². The Morgan fingerprint density at radius 2 is 1.30 bits per heavy atom. The lowest BCUT2D eigenvalue weighted by molar-refractivity contribution is -0.384. The molecule has 57 heavy (non-hydrogen) atoms. The molecule has 0 bridgehead atoms. The second-order valence-electron chi connectivity index (χ2n) is 11.9. The van der Waals surface area contributed by atoms with Crippen LogP contribution in [-0.4, -0.2) is 81.4 Å². The number of nitro groups is 1. The fraction of sp³-hybridized carbons (Fsp3) is 0.439. The Hall–Kier alpha value is -5.87. The van der Waals surface area contributed by atoms with E-state index in [9.17, 15) is 24.5 Å². The van der Waals surface area contributed by atoms with E-state index in [-0.39, 0.29) is 23.5 Å². The predicted octanol–water partition coefficient (Wildman–Crippen LogP) is 7.33. The van der Waals surface area contributed by atoms with Crippen LogP contribution < -0.4 is 31.8 Å². The second-order valence-corrected chi connectivity index (χ2v) is 11.9. The number of benzene rings is 3. The van der Waals surface area contributed by atoms with Gasteiger partial charge in [-0.2, -0.15) is 0 Å². The summed E-state index contributed by atoms with van der Waals surface area (Å²) >= 11 is 0. The molecule has 3 aromatic rings. The number of carbonyl (C=O) groups is 3. The first-order valence-electron chi connectivity index (χ1n) is 18.8. The van der Waals surface area contributed by atoms with Crippen molar-refractivity contribution >= 4 is 46.2 Å². The number of nitrogens with one attached hydrogen (secondary N) is 2. The van der Waals surface area contributed by atoms with Crippen LogP contribution >= 0.6 is 0 Å². The standard InChI is InChI=1S/C14H16N4O4.C11H17NO4.C7H9N.C6H12O2.C3H8/c1-21-13-8-12(14(22-2)7-11(13)15)17-16-9-3-5-10(6-4-9)18(19)20;1-2-6-15-8-9-16-7-5-12-10(13)3-4-11(12)14;1-6-2-4-7(8)5-3-6;1-3-5-8-6(7)4-2;1-3-2/h3-8,16-17H,15H2,1-2H3;3-4H,2,5-9H2,1H3;2-5H,8H2,1H3;3-5H2,1-2H3;3H2,1-2H3. The molecule has 0 aliphatic carbocycles. The van der Waals surface area contributed by atoms with E-state index in [1.54, 1.807) is 31.2 Å². The minimum atomic E-state index is -0.453. The van der Waals surface area contributed by atoms with E-state index >= 15 is 0 Å². The molecular formula is C41H62N6O10. The van der Waals surface area contributed by atoms with Crippen molar-refractivity contribution in [1.29, 1.82) is 0 Å². The van der Waals surface area contributed by atoms with Gasteiger partial charge in [0.05, 0.1) is 69.2 Å². The monoisotopic (exact) mass is 798 g/mol. The third-order valence-electron chi connectivity index (χ3n) is 6.88. The van der Waals surface area contributed by atoms with E-state index in [2.05, 4.69) is 24.7 Å². The fourth-order valence-electron chi connectivity index (χ4n) is 3.98. The molecule has 0 saturated carbocycles. The van der Waals surface area contributed by atoms with Crippen LogP contribution in [0.1, 0.15) is 65.9 Å². The highest BCUT2D eigenvalue weighted by molar-refractivity contribution is 6.12. The summed E-state index contributed by atoms with van der Waals surface area (Å²) in [5.74, 6) is 0.403. The maximum atomic E-state index is 11.1. The summed E-state index contributed by atoms with van der Waals surface area (Å²) in [6, 6.07) is 17.1. The summed E-state index contributed by atoms with van der Waals surface area (Å²) in [5.41, 5.74) is 20.9. The van der Waals surface area contributed by atoms with Crippen molar-refractivity contribution in [3.63, 3.8) is 0 Å². The molecular weight excluding hydrogens is 736 g/mol. The van der Waals surface area contributed by atoms with Gasteiger partial charge in [-0.25, -0.2) is 0 Å². The molecule has 316 valence electrons. The van der Waals surface area contributed by atoms with E-state index in [1.165, 1.54) is 50.5 Å². The molecule has 0 radical (unpaired) electrons. The number of amides is 2. The average Bonchev–Trinajstić information content (AvgIpc) is 3.53. The minimum Gasteiger partial charge on any atom is -0.495 e. The molecule has 16 heteroatoms. The van der Waals surface area contributed by atoms with Crippen LogP contribution in [0.5, 0.6) is 11.5 Å². The highest BCUT2D eigenvalue weighted by atomic mass is 16.6. The highest BCUT2D eigenvalue weighted by Gasteiger charge is 2.22. The summed E-state index contributed by atoms with van der Waals surface area (Å²) in [5, 5.41) is 10.6. The molecule has 0 saturated heterocycles. The minimum absolute atomic E-state index is 0.0253. The largest absolute Gasteiger partial charge is 0.495 e. The molecule has 1 aliphatic heterocycles. The molecule has 1 heterocycles. The Morgan fingerprint density at radius 1 is 0.754 bits per heavy atom. The van der Waals surface area contributed by atoms with E-state index in [4.69, 9.17) is 35.2 Å². The van der Waals surface area contributed by atoms with Gasteiger partial charge in [0.15, 0.2) is 0 Å². The van der Waals surface area contributed by atoms with Crippen molar-refractivity contribution in [3.05, 3.63) is 88.5 Å². The predicted molar refractivity (Wildman–Crippen MR) is 225 cm³/mol. The molecule has 1 aliphatic rings. The lowest BCUT2D eigenvalue weighted by Gasteiger charge is -2.15. The second kappa shape index (κ2) is 31.3. The number of ether oxygens (including phenoxy) is 5. The molecule has 0 unspecified atom stereocenters. The number of esters is 1. The molecule has 6 N–H and O–H groups in total. The van der Waals surface area contributed by atoms with Crippen LogP contribution in [0, 0.1) is 17.0 Å². The smallest absolute Gasteiger partial charge is 0.305 e. The molecule has 2 amide bonds. The number of hydrogen-bond acceptors (Lipinski definition) is 14. The first-order chi connectivity index (χ1) is 27.3. The molecule has 0 aromatic heterocycles. The quantitative estimate of drug-likeness (QED) is 0.0262. The molecule has 3 aromatic carbocycles. The number of methoxy groups -OCH3 is 2. The lowest BCUT2D eigenvalue weighted by Crippen LogP contribution is -2.33. The fourth-order valence-corrected chi connectivity index (χ4v) is 3.98. The summed E-state index contributed by atoms with van der Waals surface area (Å²) in [6.45, 7) is 15.1. The number of carbonyl (C=O) groups excluding carboxylic acids is 3. The third kappa shape index (κ3) is 23.0. The van der Waals surface area contributed by atoms with Crippen LogP contribution in [0.15, 0.2) is 72.8 Å². The summed E-state index contributed by atoms with van der Waals surface area (Å²) in [7, 11) is 3.05. The van der Waals surface area contributed by atoms with Gasteiger partial charge in [0.2, 0.25) is 0 Å². The van der Waals surface area contributed by atoms with Crippen molar-refractivity contribution in [2.45, 2.75) is 67.2 Å². The van der Waals surface area contributed by atoms with E-state index in [0.29, 0.717) is 68.0 Å². The Balaban J connectivity index is 0.000000779. The lowest BCUT2D eigenvalue weighted by atomic mass is 10.2. The first kappa shape index (κ1) is 51.1. The van der Waals surface area contributed by atoms with Gasteiger partial charge in [0.25, 0.3) is 17.5 Å². The Labute approximate surface area is 336 Å². The Kier molecular flexibility index (Phi) is 28.1. The number of nitro benzene ring substituents is 1. The normalized spacial score (nSPS) is 10.9. The first-order valence-corrected chi connectivity index (χ1v) is 18.8. The van der Waals surface area contributed by atoms with Crippen LogP contribution in [0.4, 0.5) is 28.4 Å². The van der Waals surface area contributed by atoms with Gasteiger partial charge in [-0.3, -0.25) is 34.8 Å². The molecule has 0 atom stereocenters. The highest BCUT2D eigenvalue weighted by Crippen LogP contribution is 2.34. The summed E-state index contributed by atoms with van der Waals surface area (Å²) in [6.07, 6.45) is 6.17. The number of rotatable bonds is 17. The number of hydrogen-bond donors (Lipinski definition) is 4. The van der Waals surface area contributed by atoms with Crippen molar-refractivity contribution in [3.8, 4) is 11.5 Å². The number of nitrogens with zero attached hydrogens (tertiary/aromatic N) is 2. The number of nitrogen functional groups attached to an aromatic ring is 2. The van der Waals surface area contributed by atoms with Crippen molar-refractivity contribution in [2.24, 2.45) is 0 Å². The van der Waals surface area contributed by atoms with Gasteiger partial charge < -0.3 is 40.6 Å². The van der Waals surface area contributed by atoms with E-state index < -0.39 is 4.92 Å². The molecule has 4 rings (SSSR count). The van der Waals surface area contributed by atoms with Gasteiger partial charge >= 0.3 is 5.97 Å². The maximum absolute atomic E-state index is 11.1. The zero-order valence-corrected chi connectivity index (χ0v) is 34.6. The molecule has 0 fully saturated rings. The number of hydrazine groups is 1. The van der Waals surface area contributed by atoms with Gasteiger partial charge in [-0.15, -0.1) is 0 Å². The van der Waals surface area contributed by atoms with Crippen molar-refractivity contribution in [1.82, 2.24) is 4.90 Å². The maximum Gasteiger partial charge on any atom is 0.305 e. The Bertz CT molecular complexity index is 1580. The van der Waals surface area contributed by atoms with Crippen LogP contribution in [-0.2, 0) is 28.6 Å². The number of anilines is 4.